The molecular weight excluding hydrogens is 250 g/mol. The SMILES string of the molecule is CC(=O)NC(C)(C)C1CCN(c2ccc(N)cc2)CC1. The van der Waals surface area contributed by atoms with Crippen LogP contribution in [-0.2, 0) is 4.79 Å². The van der Waals surface area contributed by atoms with E-state index in [1.807, 2.05) is 12.1 Å². The highest BCUT2D eigenvalue weighted by Crippen LogP contribution is 2.30. The van der Waals surface area contributed by atoms with Gasteiger partial charge in [0.2, 0.25) is 5.91 Å². The highest BCUT2D eigenvalue weighted by molar-refractivity contribution is 5.73. The molecule has 1 amide bonds. The molecule has 3 N–H and O–H groups in total. The van der Waals surface area contributed by atoms with Crippen LogP contribution in [0, 0.1) is 5.92 Å². The Bertz CT molecular complexity index is 459. The fraction of sp³-hybridized carbons (Fsp3) is 0.562. The van der Waals surface area contributed by atoms with Crippen LogP contribution in [0.3, 0.4) is 0 Å². The van der Waals surface area contributed by atoms with Gasteiger partial charge in [-0.1, -0.05) is 0 Å². The number of carbonyl (C=O) groups is 1. The van der Waals surface area contributed by atoms with Crippen LogP contribution >= 0.6 is 0 Å². The second kappa shape index (κ2) is 5.73. The van der Waals surface area contributed by atoms with Crippen LogP contribution in [-0.4, -0.2) is 24.5 Å². The molecule has 1 fully saturated rings. The van der Waals surface area contributed by atoms with Gasteiger partial charge in [-0.3, -0.25) is 4.79 Å². The molecule has 4 heteroatoms. The average Bonchev–Trinajstić information content (AvgIpc) is 2.38. The van der Waals surface area contributed by atoms with Crippen molar-refractivity contribution >= 4 is 17.3 Å². The van der Waals surface area contributed by atoms with E-state index in [0.717, 1.165) is 31.6 Å². The first kappa shape index (κ1) is 14.7. The summed E-state index contributed by atoms with van der Waals surface area (Å²) in [6, 6.07) is 8.05. The molecule has 0 spiro atoms. The van der Waals surface area contributed by atoms with Crippen molar-refractivity contribution in [2.45, 2.75) is 39.2 Å². The van der Waals surface area contributed by atoms with Crippen molar-refractivity contribution in [1.82, 2.24) is 5.32 Å². The van der Waals surface area contributed by atoms with Crippen LogP contribution in [0.2, 0.25) is 0 Å². The number of hydrogen-bond donors (Lipinski definition) is 2. The number of rotatable bonds is 3. The molecule has 1 aromatic rings. The average molecular weight is 275 g/mol. The minimum atomic E-state index is -0.126. The number of nitrogens with two attached hydrogens (primary N) is 1. The smallest absolute Gasteiger partial charge is 0.217 e. The summed E-state index contributed by atoms with van der Waals surface area (Å²) < 4.78 is 0. The molecule has 0 unspecified atom stereocenters. The second-order valence-corrected chi connectivity index (χ2v) is 6.26. The zero-order valence-electron chi connectivity index (χ0n) is 12.6. The van der Waals surface area contributed by atoms with Crippen molar-refractivity contribution < 1.29 is 4.79 Å². The molecular formula is C16H25N3O. The molecule has 1 heterocycles. The molecule has 4 nitrogen and oxygen atoms in total. The largest absolute Gasteiger partial charge is 0.399 e. The maximum Gasteiger partial charge on any atom is 0.217 e. The maximum absolute atomic E-state index is 11.3. The number of benzene rings is 1. The Morgan fingerprint density at radius 2 is 1.80 bits per heavy atom. The summed E-state index contributed by atoms with van der Waals surface area (Å²) in [5.41, 5.74) is 7.63. The number of amides is 1. The van der Waals surface area contributed by atoms with Crippen molar-refractivity contribution in [2.75, 3.05) is 23.7 Å². The number of nitrogen functional groups attached to an aromatic ring is 1. The fourth-order valence-corrected chi connectivity index (χ4v) is 3.10. The van der Waals surface area contributed by atoms with E-state index in [1.54, 1.807) is 6.92 Å². The van der Waals surface area contributed by atoms with Crippen molar-refractivity contribution in [2.24, 2.45) is 5.92 Å². The molecule has 0 aliphatic carbocycles. The minimum Gasteiger partial charge on any atom is -0.399 e. The van der Waals surface area contributed by atoms with Crippen LogP contribution in [0.5, 0.6) is 0 Å². The Kier molecular flexibility index (Phi) is 4.21. The third kappa shape index (κ3) is 3.44. The summed E-state index contributed by atoms with van der Waals surface area (Å²) in [5.74, 6) is 0.576. The number of hydrogen-bond acceptors (Lipinski definition) is 3. The lowest BCUT2D eigenvalue weighted by Gasteiger charge is -2.41. The van der Waals surface area contributed by atoms with E-state index in [9.17, 15) is 4.79 Å². The molecule has 0 aromatic heterocycles. The molecule has 110 valence electrons. The Hall–Kier alpha value is -1.71. The Morgan fingerprint density at radius 1 is 1.25 bits per heavy atom. The minimum absolute atomic E-state index is 0.0518. The van der Waals surface area contributed by atoms with Crippen molar-refractivity contribution in [3.63, 3.8) is 0 Å². The molecule has 0 bridgehead atoms. The maximum atomic E-state index is 11.3. The van der Waals surface area contributed by atoms with Gasteiger partial charge in [0.25, 0.3) is 0 Å². The predicted molar refractivity (Wildman–Crippen MR) is 83.7 cm³/mol. The zero-order chi connectivity index (χ0) is 14.8. The Morgan fingerprint density at radius 3 is 2.30 bits per heavy atom. The van der Waals surface area contributed by atoms with Gasteiger partial charge in [-0.2, -0.15) is 0 Å². The van der Waals surface area contributed by atoms with E-state index in [0.29, 0.717) is 5.92 Å². The fourth-order valence-electron chi connectivity index (χ4n) is 3.10. The molecule has 0 radical (unpaired) electrons. The van der Waals surface area contributed by atoms with Gasteiger partial charge >= 0.3 is 0 Å². The van der Waals surface area contributed by atoms with Crippen LogP contribution in [0.25, 0.3) is 0 Å². The topological polar surface area (TPSA) is 58.4 Å². The van der Waals surface area contributed by atoms with E-state index >= 15 is 0 Å². The monoisotopic (exact) mass is 275 g/mol. The van der Waals surface area contributed by atoms with Gasteiger partial charge in [0.05, 0.1) is 0 Å². The van der Waals surface area contributed by atoms with Crippen LogP contribution in [0.1, 0.15) is 33.6 Å². The van der Waals surface area contributed by atoms with Crippen LogP contribution in [0.15, 0.2) is 24.3 Å². The van der Waals surface area contributed by atoms with Crippen molar-refractivity contribution in [3.8, 4) is 0 Å². The summed E-state index contributed by atoms with van der Waals surface area (Å²) in [6.45, 7) is 7.89. The van der Waals surface area contributed by atoms with Gasteiger partial charge in [-0.25, -0.2) is 0 Å². The highest BCUT2D eigenvalue weighted by Gasteiger charge is 2.33. The number of nitrogens with one attached hydrogen (secondary N) is 1. The molecule has 1 aromatic carbocycles. The van der Waals surface area contributed by atoms with E-state index in [1.165, 1.54) is 5.69 Å². The first-order chi connectivity index (χ1) is 9.38. The molecule has 0 atom stereocenters. The van der Waals surface area contributed by atoms with Crippen LogP contribution in [0.4, 0.5) is 11.4 Å². The van der Waals surface area contributed by atoms with Gasteiger partial charge in [-0.15, -0.1) is 0 Å². The lowest BCUT2D eigenvalue weighted by Crippen LogP contribution is -2.51. The lowest BCUT2D eigenvalue weighted by atomic mass is 9.80. The lowest BCUT2D eigenvalue weighted by molar-refractivity contribution is -0.121. The van der Waals surface area contributed by atoms with Gasteiger partial charge in [0.15, 0.2) is 0 Å². The molecule has 0 saturated carbocycles. The molecule has 1 aliphatic heterocycles. The summed E-state index contributed by atoms with van der Waals surface area (Å²) in [4.78, 5) is 13.7. The normalized spacial score (nSPS) is 17.1. The zero-order valence-corrected chi connectivity index (χ0v) is 12.6. The third-order valence-corrected chi connectivity index (χ3v) is 4.27. The highest BCUT2D eigenvalue weighted by atomic mass is 16.1. The number of carbonyl (C=O) groups excluding carboxylic acids is 1. The molecule has 20 heavy (non-hydrogen) atoms. The van der Waals surface area contributed by atoms with E-state index < -0.39 is 0 Å². The van der Waals surface area contributed by atoms with Gasteiger partial charge in [-0.05, 0) is 56.9 Å². The van der Waals surface area contributed by atoms with Crippen molar-refractivity contribution in [3.05, 3.63) is 24.3 Å². The summed E-state index contributed by atoms with van der Waals surface area (Å²) >= 11 is 0. The molecule has 1 saturated heterocycles. The first-order valence-corrected chi connectivity index (χ1v) is 7.28. The van der Waals surface area contributed by atoms with Crippen LogP contribution < -0.4 is 16.0 Å². The van der Waals surface area contributed by atoms with E-state index in [-0.39, 0.29) is 11.4 Å². The molecule has 2 rings (SSSR count). The number of nitrogens with zero attached hydrogens (tertiary/aromatic N) is 1. The van der Waals surface area contributed by atoms with E-state index in [4.69, 9.17) is 5.73 Å². The number of piperidine rings is 1. The Labute approximate surface area is 121 Å². The third-order valence-electron chi connectivity index (χ3n) is 4.27. The standard InChI is InChI=1S/C16H25N3O/c1-12(20)18-16(2,3)13-8-10-19(11-9-13)15-6-4-14(17)5-7-15/h4-7,13H,8-11,17H2,1-3H3,(H,18,20). The Balaban J connectivity index is 1.95. The second-order valence-electron chi connectivity index (χ2n) is 6.26. The summed E-state index contributed by atoms with van der Waals surface area (Å²) in [5, 5.41) is 3.08. The summed E-state index contributed by atoms with van der Waals surface area (Å²) in [6.07, 6.45) is 2.19. The van der Waals surface area contributed by atoms with Gasteiger partial charge in [0, 0.05) is 36.9 Å². The van der Waals surface area contributed by atoms with Gasteiger partial charge < -0.3 is 16.0 Å². The molecule has 1 aliphatic rings. The number of anilines is 2. The van der Waals surface area contributed by atoms with E-state index in [2.05, 4.69) is 36.2 Å². The van der Waals surface area contributed by atoms with Gasteiger partial charge in [0.1, 0.15) is 0 Å². The quantitative estimate of drug-likeness (QED) is 0.833. The first-order valence-electron chi connectivity index (χ1n) is 7.28. The van der Waals surface area contributed by atoms with Crippen molar-refractivity contribution in [1.29, 1.82) is 0 Å². The predicted octanol–water partition coefficient (Wildman–Crippen LogP) is 2.40. The summed E-state index contributed by atoms with van der Waals surface area (Å²) in [7, 11) is 0.